The second-order valence-electron chi connectivity index (χ2n) is 3.36. The lowest BCUT2D eigenvalue weighted by atomic mass is 10.1. The zero-order valence-corrected chi connectivity index (χ0v) is 9.00. The minimum atomic E-state index is 0.613. The zero-order chi connectivity index (χ0) is 10.6. The number of nitrogens with two attached hydrogens (primary N) is 1. The van der Waals surface area contributed by atoms with E-state index in [1.54, 1.807) is 0 Å². The van der Waals surface area contributed by atoms with E-state index in [1.807, 2.05) is 45.1 Å². The van der Waals surface area contributed by atoms with Crippen LogP contribution in [0.2, 0.25) is 0 Å². The maximum absolute atomic E-state index is 5.71. The lowest BCUT2D eigenvalue weighted by Crippen LogP contribution is -1.99. The van der Waals surface area contributed by atoms with Gasteiger partial charge in [-0.15, -0.1) is 0 Å². The summed E-state index contributed by atoms with van der Waals surface area (Å²) in [5.41, 5.74) is 8.68. The summed E-state index contributed by atoms with van der Waals surface area (Å²) in [7, 11) is 0. The molecule has 1 aromatic carbocycles. The third-order valence-corrected chi connectivity index (χ3v) is 2.04. The van der Waals surface area contributed by atoms with Crippen LogP contribution in [0.15, 0.2) is 24.3 Å². The molecule has 0 aliphatic rings. The second-order valence-corrected chi connectivity index (χ2v) is 3.36. The van der Waals surface area contributed by atoms with E-state index in [-0.39, 0.29) is 0 Å². The van der Waals surface area contributed by atoms with Crippen molar-refractivity contribution in [2.75, 3.05) is 12.3 Å². The van der Waals surface area contributed by atoms with Gasteiger partial charge in [0.15, 0.2) is 0 Å². The first kappa shape index (κ1) is 10.6. The number of anilines is 1. The highest BCUT2D eigenvalue weighted by Gasteiger charge is 2.03. The van der Waals surface area contributed by atoms with Gasteiger partial charge < -0.3 is 10.5 Å². The molecule has 0 unspecified atom stereocenters. The van der Waals surface area contributed by atoms with Gasteiger partial charge in [-0.05, 0) is 44.0 Å². The maximum Gasteiger partial charge on any atom is 0.125 e. The Morgan fingerprint density at radius 1 is 1.29 bits per heavy atom. The molecule has 76 valence electrons. The average Bonchev–Trinajstić information content (AvgIpc) is 2.09. The summed E-state index contributed by atoms with van der Waals surface area (Å²) >= 11 is 0. The van der Waals surface area contributed by atoms with Crippen molar-refractivity contribution in [1.82, 2.24) is 0 Å². The fraction of sp³-hybridized carbons (Fsp3) is 0.333. The fourth-order valence-corrected chi connectivity index (χ4v) is 1.44. The Bertz CT molecular complexity index is 319. The van der Waals surface area contributed by atoms with Crippen molar-refractivity contribution in [3.63, 3.8) is 0 Å². The van der Waals surface area contributed by atoms with Gasteiger partial charge in [0, 0.05) is 5.69 Å². The third-order valence-electron chi connectivity index (χ3n) is 2.04. The van der Waals surface area contributed by atoms with Crippen LogP contribution in [0.1, 0.15) is 18.1 Å². The summed E-state index contributed by atoms with van der Waals surface area (Å²) in [5.74, 6) is 0.942. The number of rotatable bonds is 3. The molecule has 2 nitrogen and oxygen atoms in total. The van der Waals surface area contributed by atoms with Crippen molar-refractivity contribution < 1.29 is 4.74 Å². The molecule has 0 heterocycles. The number of aryl methyl sites for hydroxylation is 2. The lowest BCUT2D eigenvalue weighted by molar-refractivity contribution is 0.357. The first-order valence-corrected chi connectivity index (χ1v) is 4.76. The Hall–Kier alpha value is -1.44. The number of hydrogen-bond acceptors (Lipinski definition) is 2. The van der Waals surface area contributed by atoms with Crippen LogP contribution in [-0.2, 0) is 0 Å². The molecule has 0 spiro atoms. The van der Waals surface area contributed by atoms with Gasteiger partial charge >= 0.3 is 0 Å². The van der Waals surface area contributed by atoms with Gasteiger partial charge in [0.2, 0.25) is 0 Å². The normalized spacial score (nSPS) is 10.8. The molecule has 0 fully saturated rings. The topological polar surface area (TPSA) is 35.2 Å². The van der Waals surface area contributed by atoms with E-state index in [1.165, 1.54) is 0 Å². The van der Waals surface area contributed by atoms with Crippen LogP contribution in [-0.4, -0.2) is 6.61 Å². The van der Waals surface area contributed by atoms with Crippen LogP contribution >= 0.6 is 0 Å². The van der Waals surface area contributed by atoms with Crippen LogP contribution < -0.4 is 10.5 Å². The summed E-state index contributed by atoms with van der Waals surface area (Å²) in [5, 5.41) is 0. The van der Waals surface area contributed by atoms with E-state index in [0.717, 1.165) is 22.6 Å². The van der Waals surface area contributed by atoms with Crippen molar-refractivity contribution >= 4 is 5.69 Å². The number of benzene rings is 1. The number of allylic oxidation sites excluding steroid dienone is 1. The monoisotopic (exact) mass is 191 g/mol. The van der Waals surface area contributed by atoms with E-state index in [0.29, 0.717) is 6.61 Å². The number of nitrogen functional groups attached to an aromatic ring is 1. The van der Waals surface area contributed by atoms with Crippen LogP contribution in [0.4, 0.5) is 5.69 Å². The Morgan fingerprint density at radius 2 is 1.86 bits per heavy atom. The average molecular weight is 191 g/mol. The Kier molecular flexibility index (Phi) is 3.57. The van der Waals surface area contributed by atoms with Crippen molar-refractivity contribution in [1.29, 1.82) is 0 Å². The number of ether oxygens (including phenoxy) is 1. The molecule has 14 heavy (non-hydrogen) atoms. The molecule has 1 rings (SSSR count). The molecule has 0 amide bonds. The zero-order valence-electron chi connectivity index (χ0n) is 9.00. The SMILES string of the molecule is C/C=C/COc1c(C)cc(N)cc1C. The molecule has 2 N–H and O–H groups in total. The third kappa shape index (κ3) is 2.52. The van der Waals surface area contributed by atoms with Gasteiger partial charge in [-0.1, -0.05) is 12.2 Å². The van der Waals surface area contributed by atoms with Gasteiger partial charge in [-0.3, -0.25) is 0 Å². The quantitative estimate of drug-likeness (QED) is 0.589. The largest absolute Gasteiger partial charge is 0.489 e. The van der Waals surface area contributed by atoms with Gasteiger partial charge in [0.05, 0.1) is 0 Å². The smallest absolute Gasteiger partial charge is 0.125 e. The van der Waals surface area contributed by atoms with Crippen LogP contribution in [0.3, 0.4) is 0 Å². The van der Waals surface area contributed by atoms with Crippen molar-refractivity contribution in [2.24, 2.45) is 0 Å². The summed E-state index contributed by atoms with van der Waals surface area (Å²) in [6.45, 7) is 6.61. The van der Waals surface area contributed by atoms with Crippen LogP contribution in [0, 0.1) is 13.8 Å². The minimum Gasteiger partial charge on any atom is -0.489 e. The summed E-state index contributed by atoms with van der Waals surface area (Å²) in [6, 6.07) is 3.86. The van der Waals surface area contributed by atoms with Gasteiger partial charge in [-0.2, -0.15) is 0 Å². The molecular weight excluding hydrogens is 174 g/mol. The Labute approximate surface area is 85.4 Å². The summed E-state index contributed by atoms with van der Waals surface area (Å²) in [6.07, 6.45) is 3.96. The molecule has 0 saturated heterocycles. The van der Waals surface area contributed by atoms with Gasteiger partial charge in [-0.25, -0.2) is 0 Å². The van der Waals surface area contributed by atoms with Crippen LogP contribution in [0.5, 0.6) is 5.75 Å². The molecule has 0 aliphatic carbocycles. The van der Waals surface area contributed by atoms with Crippen molar-refractivity contribution in [2.45, 2.75) is 20.8 Å². The standard InChI is InChI=1S/C12H17NO/c1-4-5-6-14-12-9(2)7-11(13)8-10(12)3/h4-5,7-8H,6,13H2,1-3H3/b5-4+. The maximum atomic E-state index is 5.71. The second kappa shape index (κ2) is 4.70. The molecular formula is C12H17NO. The lowest BCUT2D eigenvalue weighted by Gasteiger charge is -2.11. The Morgan fingerprint density at radius 3 is 2.36 bits per heavy atom. The van der Waals surface area contributed by atoms with Gasteiger partial charge in [0.25, 0.3) is 0 Å². The van der Waals surface area contributed by atoms with E-state index in [9.17, 15) is 0 Å². The predicted molar refractivity (Wildman–Crippen MR) is 60.6 cm³/mol. The van der Waals surface area contributed by atoms with E-state index < -0.39 is 0 Å². The van der Waals surface area contributed by atoms with E-state index >= 15 is 0 Å². The van der Waals surface area contributed by atoms with Crippen LogP contribution in [0.25, 0.3) is 0 Å². The van der Waals surface area contributed by atoms with E-state index in [4.69, 9.17) is 10.5 Å². The molecule has 2 heteroatoms. The highest BCUT2D eigenvalue weighted by atomic mass is 16.5. The fourth-order valence-electron chi connectivity index (χ4n) is 1.44. The van der Waals surface area contributed by atoms with Crippen molar-refractivity contribution in [3.8, 4) is 5.75 Å². The highest BCUT2D eigenvalue weighted by Crippen LogP contribution is 2.25. The molecule has 0 aliphatic heterocycles. The first-order chi connectivity index (χ1) is 6.65. The van der Waals surface area contributed by atoms with Crippen molar-refractivity contribution in [3.05, 3.63) is 35.4 Å². The number of hydrogen-bond donors (Lipinski definition) is 1. The predicted octanol–water partition coefficient (Wildman–Crippen LogP) is 2.84. The van der Waals surface area contributed by atoms with E-state index in [2.05, 4.69) is 0 Å². The molecule has 0 radical (unpaired) electrons. The Balaban J connectivity index is 2.85. The molecule has 1 aromatic rings. The van der Waals surface area contributed by atoms with Gasteiger partial charge in [0.1, 0.15) is 12.4 Å². The molecule has 0 atom stereocenters. The highest BCUT2D eigenvalue weighted by molar-refractivity contribution is 5.52. The molecule has 0 bridgehead atoms. The summed E-state index contributed by atoms with van der Waals surface area (Å²) in [4.78, 5) is 0. The summed E-state index contributed by atoms with van der Waals surface area (Å²) < 4.78 is 5.62. The first-order valence-electron chi connectivity index (χ1n) is 4.76. The molecule has 0 aromatic heterocycles. The molecule has 0 saturated carbocycles. The minimum absolute atomic E-state index is 0.613.